The highest BCUT2D eigenvalue weighted by Gasteiger charge is 2.42. The topological polar surface area (TPSA) is 62.2 Å². The number of aliphatic hydroxyl groups is 1. The molecule has 1 N–H and O–H groups in total. The highest BCUT2D eigenvalue weighted by atomic mass is 16.5. The predicted molar refractivity (Wildman–Crippen MR) is 89.1 cm³/mol. The van der Waals surface area contributed by atoms with Gasteiger partial charge in [0.05, 0.1) is 19.4 Å². The van der Waals surface area contributed by atoms with Crippen LogP contribution >= 0.6 is 0 Å². The maximum absolute atomic E-state index is 12.8. The van der Waals surface area contributed by atoms with Gasteiger partial charge in [-0.2, -0.15) is 0 Å². The van der Waals surface area contributed by atoms with E-state index >= 15 is 0 Å². The molecule has 0 fully saturated rings. The largest absolute Gasteiger partial charge is 0.493 e. The summed E-state index contributed by atoms with van der Waals surface area (Å²) in [5.74, 6) is 1.00. The molecule has 1 aromatic carbocycles. The van der Waals surface area contributed by atoms with Gasteiger partial charge in [0.1, 0.15) is 0 Å². The first-order valence-corrected chi connectivity index (χ1v) is 7.77. The molecule has 0 radical (unpaired) electrons. The molecular weight excluding hydrogens is 296 g/mol. The zero-order chi connectivity index (χ0) is 17.2. The van der Waals surface area contributed by atoms with Crippen molar-refractivity contribution in [2.24, 2.45) is 0 Å². The highest BCUT2D eigenvalue weighted by Crippen LogP contribution is 2.45. The Morgan fingerprint density at radius 3 is 2.61 bits per heavy atom. The van der Waals surface area contributed by atoms with E-state index in [0.717, 1.165) is 13.0 Å². The second kappa shape index (κ2) is 6.76. The van der Waals surface area contributed by atoms with Crippen LogP contribution in [0.25, 0.3) is 0 Å². The van der Waals surface area contributed by atoms with Gasteiger partial charge in [-0.25, -0.2) is 0 Å². The van der Waals surface area contributed by atoms with Crippen molar-refractivity contribution in [3.8, 4) is 11.5 Å². The lowest BCUT2D eigenvalue weighted by atomic mass is 10.0. The minimum atomic E-state index is -0.945. The van der Waals surface area contributed by atoms with Gasteiger partial charge in [-0.15, -0.1) is 0 Å². The van der Waals surface area contributed by atoms with Gasteiger partial charge in [0, 0.05) is 6.54 Å². The number of ether oxygens (including phenoxy) is 2. The van der Waals surface area contributed by atoms with E-state index in [2.05, 4.69) is 4.90 Å². The fourth-order valence-corrected chi connectivity index (χ4v) is 2.69. The van der Waals surface area contributed by atoms with Gasteiger partial charge in [0.15, 0.2) is 17.1 Å². The predicted octanol–water partition coefficient (Wildman–Crippen LogP) is 1.64. The maximum atomic E-state index is 12.8. The normalized spacial score (nSPS) is 16.3. The van der Waals surface area contributed by atoms with Crippen molar-refractivity contribution in [2.75, 3.05) is 39.2 Å². The molecule has 128 valence electrons. The molecule has 0 spiro atoms. The second-order valence-corrected chi connectivity index (χ2v) is 6.53. The third-order valence-corrected chi connectivity index (χ3v) is 3.89. The van der Waals surface area contributed by atoms with Crippen LogP contribution in [0.5, 0.6) is 11.5 Å². The summed E-state index contributed by atoms with van der Waals surface area (Å²) in [6, 6.07) is 3.53. The minimum absolute atomic E-state index is 0.0825. The summed E-state index contributed by atoms with van der Waals surface area (Å²) in [5.41, 5.74) is 0.407. The zero-order valence-corrected chi connectivity index (χ0v) is 14.5. The quantitative estimate of drug-likeness (QED) is 0.863. The third kappa shape index (κ3) is 3.59. The van der Waals surface area contributed by atoms with E-state index in [1.807, 2.05) is 14.1 Å². The van der Waals surface area contributed by atoms with Gasteiger partial charge in [0.2, 0.25) is 0 Å². The van der Waals surface area contributed by atoms with Gasteiger partial charge in [-0.3, -0.25) is 4.79 Å². The average Bonchev–Trinajstić information content (AvgIpc) is 2.49. The molecule has 0 atom stereocenters. The molecule has 23 heavy (non-hydrogen) atoms. The highest BCUT2D eigenvalue weighted by molar-refractivity contribution is 6.03. The Balaban J connectivity index is 2.43. The molecule has 1 aliphatic rings. The lowest BCUT2D eigenvalue weighted by Crippen LogP contribution is -2.53. The molecule has 6 heteroatoms. The van der Waals surface area contributed by atoms with Crippen LogP contribution in [-0.4, -0.2) is 55.8 Å². The van der Waals surface area contributed by atoms with Crippen molar-refractivity contribution in [3.63, 3.8) is 0 Å². The van der Waals surface area contributed by atoms with Gasteiger partial charge in [0.25, 0.3) is 5.91 Å². The number of carbonyl (C=O) groups is 1. The molecule has 1 aliphatic heterocycles. The molecule has 0 saturated carbocycles. The van der Waals surface area contributed by atoms with E-state index in [9.17, 15) is 9.90 Å². The summed E-state index contributed by atoms with van der Waals surface area (Å²) >= 11 is 0. The lowest BCUT2D eigenvalue weighted by molar-refractivity contribution is -0.132. The number of rotatable bonds is 6. The van der Waals surface area contributed by atoms with Crippen molar-refractivity contribution in [3.05, 3.63) is 17.7 Å². The molecule has 1 aromatic rings. The number of anilines is 1. The van der Waals surface area contributed by atoms with Crippen LogP contribution in [0.3, 0.4) is 0 Å². The Kier molecular flexibility index (Phi) is 5.16. The summed E-state index contributed by atoms with van der Waals surface area (Å²) < 4.78 is 11.3. The van der Waals surface area contributed by atoms with Crippen molar-refractivity contribution in [2.45, 2.75) is 32.5 Å². The Morgan fingerprint density at radius 1 is 1.35 bits per heavy atom. The number of nitrogens with zero attached hydrogens (tertiary/aromatic N) is 2. The maximum Gasteiger partial charge on any atom is 0.270 e. The third-order valence-electron chi connectivity index (χ3n) is 3.89. The molecule has 0 saturated heterocycles. The van der Waals surface area contributed by atoms with E-state index < -0.39 is 5.60 Å². The van der Waals surface area contributed by atoms with Crippen molar-refractivity contribution < 1.29 is 19.4 Å². The van der Waals surface area contributed by atoms with E-state index in [1.165, 1.54) is 0 Å². The number of fused-ring (bicyclic) bond motifs is 1. The SMILES string of the molecule is COc1cc(CO)cc2c1OC(C)(C)C(=O)N2CCCN(C)C. The van der Waals surface area contributed by atoms with Gasteiger partial charge >= 0.3 is 0 Å². The van der Waals surface area contributed by atoms with E-state index in [-0.39, 0.29) is 12.5 Å². The van der Waals surface area contributed by atoms with Gasteiger partial charge < -0.3 is 24.4 Å². The number of methoxy groups -OCH3 is 1. The summed E-state index contributed by atoms with van der Waals surface area (Å²) in [6.45, 7) is 4.88. The van der Waals surface area contributed by atoms with Crippen LogP contribution in [0.4, 0.5) is 5.69 Å². The second-order valence-electron chi connectivity index (χ2n) is 6.53. The smallest absolute Gasteiger partial charge is 0.270 e. The molecule has 0 aliphatic carbocycles. The average molecular weight is 322 g/mol. The first-order valence-electron chi connectivity index (χ1n) is 7.77. The summed E-state index contributed by atoms with van der Waals surface area (Å²) in [6.07, 6.45) is 0.847. The standard InChI is InChI=1S/C17H26N2O4/c1-17(2)16(21)19(8-6-7-18(3)4)13-9-12(11-20)10-14(22-5)15(13)23-17/h9-10,20H,6-8,11H2,1-5H3. The van der Waals surface area contributed by atoms with Crippen LogP contribution < -0.4 is 14.4 Å². The molecule has 1 amide bonds. The summed E-state index contributed by atoms with van der Waals surface area (Å²) in [5, 5.41) is 9.46. The Hall–Kier alpha value is -1.79. The number of hydrogen-bond donors (Lipinski definition) is 1. The molecule has 0 bridgehead atoms. The first-order chi connectivity index (χ1) is 10.8. The number of carbonyl (C=O) groups excluding carboxylic acids is 1. The van der Waals surface area contributed by atoms with Crippen LogP contribution in [0.2, 0.25) is 0 Å². The van der Waals surface area contributed by atoms with Crippen molar-refractivity contribution >= 4 is 11.6 Å². The fraction of sp³-hybridized carbons (Fsp3) is 0.588. The van der Waals surface area contributed by atoms with E-state index in [0.29, 0.717) is 29.3 Å². The molecule has 2 rings (SSSR count). The van der Waals surface area contributed by atoms with Gasteiger partial charge in [-0.05, 0) is 58.6 Å². The van der Waals surface area contributed by atoms with Crippen LogP contribution in [0.15, 0.2) is 12.1 Å². The number of benzene rings is 1. The molecule has 0 unspecified atom stereocenters. The first kappa shape index (κ1) is 17.6. The number of hydrogen-bond acceptors (Lipinski definition) is 5. The molecule has 0 aromatic heterocycles. The minimum Gasteiger partial charge on any atom is -0.493 e. The zero-order valence-electron chi connectivity index (χ0n) is 14.5. The molecule has 1 heterocycles. The van der Waals surface area contributed by atoms with Crippen molar-refractivity contribution in [1.82, 2.24) is 4.90 Å². The van der Waals surface area contributed by atoms with Crippen LogP contribution in [-0.2, 0) is 11.4 Å². The Morgan fingerprint density at radius 2 is 2.04 bits per heavy atom. The Labute approximate surface area is 137 Å². The van der Waals surface area contributed by atoms with E-state index in [1.54, 1.807) is 38.0 Å². The number of amides is 1. The number of aliphatic hydroxyl groups excluding tert-OH is 1. The summed E-state index contributed by atoms with van der Waals surface area (Å²) in [7, 11) is 5.57. The molecule has 6 nitrogen and oxygen atoms in total. The van der Waals surface area contributed by atoms with Crippen LogP contribution in [0, 0.1) is 0 Å². The van der Waals surface area contributed by atoms with Crippen LogP contribution in [0.1, 0.15) is 25.8 Å². The van der Waals surface area contributed by atoms with Crippen molar-refractivity contribution in [1.29, 1.82) is 0 Å². The lowest BCUT2D eigenvalue weighted by Gasteiger charge is -2.39. The fourth-order valence-electron chi connectivity index (χ4n) is 2.69. The monoisotopic (exact) mass is 322 g/mol. The van der Waals surface area contributed by atoms with E-state index in [4.69, 9.17) is 9.47 Å². The van der Waals surface area contributed by atoms with Gasteiger partial charge in [-0.1, -0.05) is 0 Å². The Bertz CT molecular complexity index is 584. The molecular formula is C17H26N2O4. The summed E-state index contributed by atoms with van der Waals surface area (Å²) in [4.78, 5) is 16.6.